The molecule has 0 aliphatic carbocycles. The number of aliphatic hydroxyl groups excluding tert-OH is 1. The second kappa shape index (κ2) is 5.90. The van der Waals surface area contributed by atoms with Gasteiger partial charge in [0.2, 0.25) is 0 Å². The van der Waals surface area contributed by atoms with Crippen LogP contribution in [-0.2, 0) is 9.84 Å². The van der Waals surface area contributed by atoms with Crippen molar-refractivity contribution in [2.75, 3.05) is 18.1 Å². The second-order valence-electron chi connectivity index (χ2n) is 3.96. The average Bonchev–Trinajstić information content (AvgIpc) is 2.03. The predicted octanol–water partition coefficient (Wildman–Crippen LogP) is 0.696. The summed E-state index contributed by atoms with van der Waals surface area (Å²) < 4.78 is 22.4. The summed E-state index contributed by atoms with van der Waals surface area (Å²) in [4.78, 5) is 2.59. The minimum Gasteiger partial charge on any atom is -0.395 e. The minimum absolute atomic E-state index is 0.107. The standard InChI is InChI=1S/C8H18ClNO3S/c1-8(2,10-9)4-3-6-14(12,13)7-5-11/h10-11H,3-7H2,1-2H3. The molecule has 0 bridgehead atoms. The fraction of sp³-hybridized carbons (Fsp3) is 1.00. The summed E-state index contributed by atoms with van der Waals surface area (Å²) in [5.41, 5.74) is -0.254. The third-order valence-electron chi connectivity index (χ3n) is 1.92. The molecule has 14 heavy (non-hydrogen) atoms. The van der Waals surface area contributed by atoms with Crippen LogP contribution in [0.4, 0.5) is 0 Å². The Balaban J connectivity index is 3.85. The second-order valence-corrected chi connectivity index (χ2v) is 6.45. The third kappa shape index (κ3) is 6.59. The van der Waals surface area contributed by atoms with Crippen molar-refractivity contribution in [2.24, 2.45) is 0 Å². The highest BCUT2D eigenvalue weighted by Crippen LogP contribution is 2.12. The molecule has 86 valence electrons. The molecule has 0 unspecified atom stereocenters. The smallest absolute Gasteiger partial charge is 0.152 e. The van der Waals surface area contributed by atoms with Crippen molar-refractivity contribution in [2.45, 2.75) is 32.2 Å². The van der Waals surface area contributed by atoms with E-state index in [2.05, 4.69) is 4.84 Å². The van der Waals surface area contributed by atoms with Gasteiger partial charge in [-0.2, -0.15) is 0 Å². The van der Waals surface area contributed by atoms with E-state index in [9.17, 15) is 8.42 Å². The van der Waals surface area contributed by atoms with Crippen LogP contribution in [0.5, 0.6) is 0 Å². The molecule has 0 saturated heterocycles. The Morgan fingerprint density at radius 3 is 2.36 bits per heavy atom. The zero-order chi connectivity index (χ0) is 11.2. The molecule has 0 aromatic rings. The zero-order valence-electron chi connectivity index (χ0n) is 8.59. The fourth-order valence-corrected chi connectivity index (χ4v) is 2.18. The van der Waals surface area contributed by atoms with Gasteiger partial charge in [-0.3, -0.25) is 0 Å². The molecule has 0 radical (unpaired) electrons. The number of halogens is 1. The summed E-state index contributed by atoms with van der Waals surface area (Å²) in [5, 5.41) is 8.49. The Bertz CT molecular complexity index is 251. The van der Waals surface area contributed by atoms with Crippen molar-refractivity contribution in [1.82, 2.24) is 4.84 Å². The van der Waals surface area contributed by atoms with Crippen LogP contribution in [0.25, 0.3) is 0 Å². The lowest BCUT2D eigenvalue weighted by atomic mass is 10.0. The van der Waals surface area contributed by atoms with Crippen LogP contribution >= 0.6 is 11.8 Å². The first-order valence-electron chi connectivity index (χ1n) is 4.52. The number of hydrogen-bond acceptors (Lipinski definition) is 4. The first-order chi connectivity index (χ1) is 6.33. The number of sulfone groups is 1. The van der Waals surface area contributed by atoms with E-state index in [4.69, 9.17) is 16.9 Å². The molecule has 0 amide bonds. The minimum atomic E-state index is -3.08. The molecule has 0 aromatic carbocycles. The SMILES string of the molecule is CC(C)(CCCS(=O)(=O)CCO)NCl. The molecule has 0 saturated carbocycles. The van der Waals surface area contributed by atoms with E-state index in [0.717, 1.165) is 0 Å². The monoisotopic (exact) mass is 243 g/mol. The predicted molar refractivity (Wildman–Crippen MR) is 58.0 cm³/mol. The van der Waals surface area contributed by atoms with Crippen LogP contribution in [0.3, 0.4) is 0 Å². The molecular formula is C8H18ClNO3S. The van der Waals surface area contributed by atoms with Crippen molar-refractivity contribution in [3.63, 3.8) is 0 Å². The van der Waals surface area contributed by atoms with Gasteiger partial charge in [-0.15, -0.1) is 0 Å². The molecule has 6 heteroatoms. The van der Waals surface area contributed by atoms with Gasteiger partial charge in [0.1, 0.15) is 0 Å². The summed E-state index contributed by atoms with van der Waals surface area (Å²) >= 11 is 5.46. The Morgan fingerprint density at radius 1 is 1.36 bits per heavy atom. The molecule has 0 spiro atoms. The Morgan fingerprint density at radius 2 is 1.93 bits per heavy atom. The highest BCUT2D eigenvalue weighted by molar-refractivity contribution is 7.91. The van der Waals surface area contributed by atoms with Gasteiger partial charge in [0.25, 0.3) is 0 Å². The van der Waals surface area contributed by atoms with Crippen LogP contribution in [0.15, 0.2) is 0 Å². The van der Waals surface area contributed by atoms with E-state index < -0.39 is 9.84 Å². The molecule has 0 fully saturated rings. The highest BCUT2D eigenvalue weighted by Gasteiger charge is 2.17. The molecule has 0 atom stereocenters. The Hall–Kier alpha value is 0.160. The molecular weight excluding hydrogens is 226 g/mol. The van der Waals surface area contributed by atoms with Crippen LogP contribution in [0.1, 0.15) is 26.7 Å². The largest absolute Gasteiger partial charge is 0.395 e. The number of rotatable bonds is 7. The van der Waals surface area contributed by atoms with Crippen molar-refractivity contribution in [3.8, 4) is 0 Å². The van der Waals surface area contributed by atoms with Crippen LogP contribution in [0, 0.1) is 0 Å². The molecule has 2 N–H and O–H groups in total. The molecule has 4 nitrogen and oxygen atoms in total. The van der Waals surface area contributed by atoms with Gasteiger partial charge in [-0.25, -0.2) is 13.3 Å². The van der Waals surface area contributed by atoms with E-state index in [1.807, 2.05) is 13.8 Å². The number of hydrogen-bond donors (Lipinski definition) is 2. The molecule has 0 aromatic heterocycles. The van der Waals surface area contributed by atoms with Gasteiger partial charge >= 0.3 is 0 Å². The number of aliphatic hydroxyl groups is 1. The van der Waals surface area contributed by atoms with Crippen LogP contribution < -0.4 is 4.84 Å². The lowest BCUT2D eigenvalue weighted by Crippen LogP contribution is -2.32. The Labute approximate surface area is 90.7 Å². The number of nitrogens with one attached hydrogen (secondary N) is 1. The van der Waals surface area contributed by atoms with E-state index in [0.29, 0.717) is 12.8 Å². The van der Waals surface area contributed by atoms with Crippen molar-refractivity contribution < 1.29 is 13.5 Å². The van der Waals surface area contributed by atoms with Gasteiger partial charge in [0.15, 0.2) is 9.84 Å². The maximum Gasteiger partial charge on any atom is 0.152 e. The summed E-state index contributed by atoms with van der Waals surface area (Å²) in [6, 6.07) is 0. The molecule has 0 aliphatic rings. The maximum absolute atomic E-state index is 11.2. The summed E-state index contributed by atoms with van der Waals surface area (Å²) in [6.07, 6.45) is 1.23. The summed E-state index contributed by atoms with van der Waals surface area (Å²) in [7, 11) is -3.08. The average molecular weight is 244 g/mol. The van der Waals surface area contributed by atoms with Gasteiger partial charge in [-0.1, -0.05) is 0 Å². The quantitative estimate of drug-likeness (QED) is 0.646. The third-order valence-corrected chi connectivity index (χ3v) is 4.14. The highest BCUT2D eigenvalue weighted by atomic mass is 35.5. The fourth-order valence-electron chi connectivity index (χ4n) is 1.02. The van der Waals surface area contributed by atoms with Crippen molar-refractivity contribution in [1.29, 1.82) is 0 Å². The summed E-state index contributed by atoms with van der Waals surface area (Å²) in [5.74, 6) is -0.0444. The molecule has 0 heterocycles. The molecule has 0 aliphatic heterocycles. The van der Waals surface area contributed by atoms with Gasteiger partial charge < -0.3 is 5.11 Å². The first kappa shape index (κ1) is 14.2. The zero-order valence-corrected chi connectivity index (χ0v) is 10.2. The van der Waals surface area contributed by atoms with E-state index in [1.165, 1.54) is 0 Å². The lowest BCUT2D eigenvalue weighted by molar-refractivity contribution is 0.319. The van der Waals surface area contributed by atoms with Gasteiger partial charge in [0, 0.05) is 5.54 Å². The normalized spacial score (nSPS) is 13.1. The topological polar surface area (TPSA) is 66.4 Å². The van der Waals surface area contributed by atoms with Crippen molar-refractivity contribution in [3.05, 3.63) is 0 Å². The Kier molecular flexibility index (Phi) is 5.97. The first-order valence-corrected chi connectivity index (χ1v) is 6.72. The van der Waals surface area contributed by atoms with Gasteiger partial charge in [0.05, 0.1) is 18.1 Å². The van der Waals surface area contributed by atoms with E-state index in [1.54, 1.807) is 0 Å². The van der Waals surface area contributed by atoms with E-state index >= 15 is 0 Å². The lowest BCUT2D eigenvalue weighted by Gasteiger charge is -2.21. The van der Waals surface area contributed by atoms with Gasteiger partial charge in [-0.05, 0) is 38.5 Å². The maximum atomic E-state index is 11.2. The van der Waals surface area contributed by atoms with Crippen LogP contribution in [-0.4, -0.2) is 37.2 Å². The van der Waals surface area contributed by atoms with E-state index in [-0.39, 0.29) is 23.7 Å². The molecule has 0 rings (SSSR count). The van der Waals surface area contributed by atoms with Crippen molar-refractivity contribution >= 4 is 21.6 Å². The van der Waals surface area contributed by atoms with Crippen LogP contribution in [0.2, 0.25) is 0 Å². The summed E-state index contributed by atoms with van der Waals surface area (Å²) in [6.45, 7) is 3.50.